The van der Waals surface area contributed by atoms with Gasteiger partial charge in [0.1, 0.15) is 12.4 Å². The summed E-state index contributed by atoms with van der Waals surface area (Å²) in [5, 5.41) is 6.84. The monoisotopic (exact) mass is 509 g/mol. The van der Waals surface area contributed by atoms with Crippen LogP contribution in [0.25, 0.3) is 0 Å². The van der Waals surface area contributed by atoms with E-state index >= 15 is 0 Å². The molecule has 0 fully saturated rings. The topological polar surface area (TPSA) is 54.9 Å². The molecule has 29 heavy (non-hydrogen) atoms. The number of rotatable bonds is 9. The lowest BCUT2D eigenvalue weighted by Crippen LogP contribution is -2.41. The molecule has 6 heteroatoms. The summed E-state index contributed by atoms with van der Waals surface area (Å²) in [7, 11) is 1.68. The molecule has 1 unspecified atom stereocenters. The van der Waals surface area contributed by atoms with Crippen LogP contribution in [-0.2, 0) is 17.7 Å². The predicted octanol–water partition coefficient (Wildman–Crippen LogP) is 4.03. The Labute approximate surface area is 191 Å². The third kappa shape index (κ3) is 6.60. The van der Waals surface area contributed by atoms with E-state index in [0.717, 1.165) is 36.8 Å². The number of aliphatic imine (C=N–C) groups is 1. The highest BCUT2D eigenvalue weighted by Crippen LogP contribution is 2.33. The average molecular weight is 509 g/mol. The summed E-state index contributed by atoms with van der Waals surface area (Å²) in [6.07, 6.45) is 1.14. The van der Waals surface area contributed by atoms with E-state index in [2.05, 4.69) is 66.9 Å². The van der Waals surface area contributed by atoms with Gasteiger partial charge >= 0.3 is 0 Å². The van der Waals surface area contributed by atoms with Gasteiger partial charge in [0, 0.05) is 31.7 Å². The van der Waals surface area contributed by atoms with Gasteiger partial charge in [0.25, 0.3) is 0 Å². The molecule has 0 heterocycles. The number of fused-ring (bicyclic) bond motifs is 1. The first-order valence-corrected chi connectivity index (χ1v) is 10.0. The van der Waals surface area contributed by atoms with Crippen LogP contribution in [0.4, 0.5) is 0 Å². The third-order valence-corrected chi connectivity index (χ3v) is 5.00. The van der Waals surface area contributed by atoms with Crippen LogP contribution in [0, 0.1) is 6.92 Å². The van der Waals surface area contributed by atoms with Crippen LogP contribution in [0.15, 0.2) is 47.5 Å². The van der Waals surface area contributed by atoms with E-state index in [1.54, 1.807) is 7.11 Å². The molecular formula is C23H32IN3O2. The zero-order valence-electron chi connectivity index (χ0n) is 17.5. The van der Waals surface area contributed by atoms with E-state index in [-0.39, 0.29) is 24.0 Å². The number of benzene rings is 2. The van der Waals surface area contributed by atoms with Crippen LogP contribution in [0.5, 0.6) is 5.75 Å². The minimum absolute atomic E-state index is 0. The Kier molecular flexibility index (Phi) is 9.73. The van der Waals surface area contributed by atoms with E-state index < -0.39 is 0 Å². The fourth-order valence-electron chi connectivity index (χ4n) is 3.43. The Morgan fingerprint density at radius 1 is 1.14 bits per heavy atom. The van der Waals surface area contributed by atoms with Gasteiger partial charge in [-0.1, -0.05) is 36.4 Å². The maximum absolute atomic E-state index is 5.88. The van der Waals surface area contributed by atoms with Crippen molar-refractivity contribution in [3.05, 3.63) is 64.7 Å². The molecule has 1 aliphatic rings. The van der Waals surface area contributed by atoms with Crippen LogP contribution in [0.1, 0.15) is 35.1 Å². The second-order valence-corrected chi connectivity index (χ2v) is 7.13. The summed E-state index contributed by atoms with van der Waals surface area (Å²) in [4.78, 5) is 4.77. The summed E-state index contributed by atoms with van der Waals surface area (Å²) in [6, 6.07) is 14.9. The van der Waals surface area contributed by atoms with E-state index in [4.69, 9.17) is 14.5 Å². The number of guanidine groups is 1. The van der Waals surface area contributed by atoms with Crippen molar-refractivity contribution >= 4 is 29.9 Å². The number of methoxy groups -OCH3 is 1. The quantitative estimate of drug-likeness (QED) is 0.232. The lowest BCUT2D eigenvalue weighted by molar-refractivity contribution is 0.145. The second kappa shape index (κ2) is 12.0. The number of hydrogen-bond acceptors (Lipinski definition) is 3. The standard InChI is InChI=1S/C23H31N3O2.HI/c1-4-24-23(26-16-20-14-18-7-5-6-8-21(18)20)25-15-19-10-9-17(2)13-22(19)28-12-11-27-3;/h5-10,13,20H,4,11-12,14-16H2,1-3H3,(H2,24,25,26);1H. The second-order valence-electron chi connectivity index (χ2n) is 7.13. The number of nitrogens with one attached hydrogen (secondary N) is 2. The summed E-state index contributed by atoms with van der Waals surface area (Å²) < 4.78 is 11.0. The molecule has 0 saturated heterocycles. The number of nitrogens with zero attached hydrogens (tertiary/aromatic N) is 1. The Bertz CT molecular complexity index is 810. The van der Waals surface area contributed by atoms with Crippen LogP contribution in [0.3, 0.4) is 0 Å². The van der Waals surface area contributed by atoms with Gasteiger partial charge in [0.05, 0.1) is 13.2 Å². The molecule has 2 aromatic rings. The molecule has 158 valence electrons. The van der Waals surface area contributed by atoms with Gasteiger partial charge in [-0.15, -0.1) is 24.0 Å². The molecule has 0 amide bonds. The van der Waals surface area contributed by atoms with Crippen molar-refractivity contribution in [1.29, 1.82) is 0 Å². The van der Waals surface area contributed by atoms with Gasteiger partial charge in [-0.25, -0.2) is 4.99 Å². The number of halogens is 1. The zero-order chi connectivity index (χ0) is 19.8. The van der Waals surface area contributed by atoms with Crippen molar-refractivity contribution in [3.63, 3.8) is 0 Å². The van der Waals surface area contributed by atoms with E-state index in [1.165, 1.54) is 16.7 Å². The minimum Gasteiger partial charge on any atom is -0.491 e. The average Bonchev–Trinajstić information content (AvgIpc) is 2.68. The highest BCUT2D eigenvalue weighted by molar-refractivity contribution is 14.0. The summed E-state index contributed by atoms with van der Waals surface area (Å²) in [6.45, 7) is 7.56. The first-order valence-electron chi connectivity index (χ1n) is 10.0. The number of aryl methyl sites for hydroxylation is 1. The molecule has 5 nitrogen and oxygen atoms in total. The zero-order valence-corrected chi connectivity index (χ0v) is 19.9. The predicted molar refractivity (Wildman–Crippen MR) is 130 cm³/mol. The molecule has 0 aliphatic heterocycles. The minimum atomic E-state index is 0. The van der Waals surface area contributed by atoms with E-state index in [0.29, 0.717) is 25.7 Å². The van der Waals surface area contributed by atoms with Crippen molar-refractivity contribution in [2.45, 2.75) is 32.7 Å². The van der Waals surface area contributed by atoms with Gasteiger partial charge in [0.15, 0.2) is 5.96 Å². The first kappa shape index (κ1) is 23.5. The summed E-state index contributed by atoms with van der Waals surface area (Å²) in [5.74, 6) is 2.28. The summed E-state index contributed by atoms with van der Waals surface area (Å²) >= 11 is 0. The van der Waals surface area contributed by atoms with Crippen LogP contribution >= 0.6 is 24.0 Å². The molecule has 0 saturated carbocycles. The molecule has 0 spiro atoms. The van der Waals surface area contributed by atoms with Crippen molar-refractivity contribution in [3.8, 4) is 5.75 Å². The molecule has 1 atom stereocenters. The number of ether oxygens (including phenoxy) is 2. The molecule has 3 rings (SSSR count). The Morgan fingerprint density at radius 2 is 1.97 bits per heavy atom. The third-order valence-electron chi connectivity index (χ3n) is 5.00. The lowest BCUT2D eigenvalue weighted by atomic mass is 9.78. The Hall–Kier alpha value is -1.80. The van der Waals surface area contributed by atoms with Gasteiger partial charge in [0.2, 0.25) is 0 Å². The van der Waals surface area contributed by atoms with Crippen LogP contribution in [-0.4, -0.2) is 39.4 Å². The van der Waals surface area contributed by atoms with Gasteiger partial charge in [-0.2, -0.15) is 0 Å². The maximum atomic E-state index is 5.88. The fourth-order valence-corrected chi connectivity index (χ4v) is 3.43. The highest BCUT2D eigenvalue weighted by atomic mass is 127. The first-order chi connectivity index (χ1) is 13.7. The Balaban J connectivity index is 0.00000300. The van der Waals surface area contributed by atoms with E-state index in [9.17, 15) is 0 Å². The van der Waals surface area contributed by atoms with Crippen molar-refractivity contribution in [2.24, 2.45) is 4.99 Å². The maximum Gasteiger partial charge on any atom is 0.191 e. The lowest BCUT2D eigenvalue weighted by Gasteiger charge is -2.30. The molecule has 0 aromatic heterocycles. The summed E-state index contributed by atoms with van der Waals surface area (Å²) in [5.41, 5.74) is 5.17. The van der Waals surface area contributed by atoms with E-state index in [1.807, 2.05) is 0 Å². The molecule has 2 N–H and O–H groups in total. The normalized spacial score (nSPS) is 15.0. The van der Waals surface area contributed by atoms with Crippen molar-refractivity contribution in [2.75, 3.05) is 33.4 Å². The van der Waals surface area contributed by atoms with Crippen LogP contribution in [0.2, 0.25) is 0 Å². The molecule has 0 radical (unpaired) electrons. The smallest absolute Gasteiger partial charge is 0.191 e. The fraction of sp³-hybridized carbons (Fsp3) is 0.435. The molecule has 2 aromatic carbocycles. The highest BCUT2D eigenvalue weighted by Gasteiger charge is 2.25. The molecular weight excluding hydrogens is 477 g/mol. The van der Waals surface area contributed by atoms with Gasteiger partial charge in [-0.05, 0) is 43.0 Å². The molecule has 1 aliphatic carbocycles. The van der Waals surface area contributed by atoms with Gasteiger partial charge < -0.3 is 20.1 Å². The van der Waals surface area contributed by atoms with Gasteiger partial charge in [-0.3, -0.25) is 0 Å². The van der Waals surface area contributed by atoms with Crippen LogP contribution < -0.4 is 15.4 Å². The number of hydrogen-bond donors (Lipinski definition) is 2. The van der Waals surface area contributed by atoms with Crippen molar-refractivity contribution in [1.82, 2.24) is 10.6 Å². The SMILES string of the molecule is CCNC(=NCc1ccc(C)cc1OCCOC)NCC1Cc2ccccc21.I. The molecule has 0 bridgehead atoms. The Morgan fingerprint density at radius 3 is 2.72 bits per heavy atom. The largest absolute Gasteiger partial charge is 0.491 e. The van der Waals surface area contributed by atoms with Crippen molar-refractivity contribution < 1.29 is 9.47 Å².